The van der Waals surface area contributed by atoms with Crippen LogP contribution < -0.4 is 14.5 Å². The van der Waals surface area contributed by atoms with Gasteiger partial charge in [0.05, 0.1) is 23.1 Å². The summed E-state index contributed by atoms with van der Waals surface area (Å²) in [4.78, 5) is 60.0. The van der Waals surface area contributed by atoms with E-state index in [2.05, 4.69) is 9.97 Å². The van der Waals surface area contributed by atoms with Crippen molar-refractivity contribution in [3.63, 3.8) is 0 Å². The number of carbonyl (C=O) groups is 3. The van der Waals surface area contributed by atoms with E-state index in [4.69, 9.17) is 9.47 Å². The van der Waals surface area contributed by atoms with Crippen molar-refractivity contribution < 1.29 is 28.8 Å². The minimum atomic E-state index is -0.595. The molecule has 1 fully saturated rings. The Morgan fingerprint density at radius 2 is 1.87 bits per heavy atom. The summed E-state index contributed by atoms with van der Waals surface area (Å²) in [6, 6.07) is 6.11. The molecule has 1 aromatic carbocycles. The maximum absolute atomic E-state index is 12.8. The number of aromatic nitrogens is 2. The monoisotopic (exact) mass is 519 g/mol. The molecule has 196 valence electrons. The van der Waals surface area contributed by atoms with Gasteiger partial charge in [-0.1, -0.05) is 12.2 Å². The molecule has 0 N–H and O–H groups in total. The Labute approximate surface area is 217 Å². The summed E-state index contributed by atoms with van der Waals surface area (Å²) in [5, 5.41) is 12.0. The van der Waals surface area contributed by atoms with Gasteiger partial charge >= 0.3 is 17.5 Å². The number of hydrogen-bond acceptors (Lipinski definition) is 10. The molecule has 0 bridgehead atoms. The SMILES string of the molecule is CCOC(=O)C1CCN(c2ncnc(Oc3ccc(N4C(=O)C5=C(CCC=C5)C4=O)cc3)c2[N+](=O)[O-])CC1. The highest BCUT2D eigenvalue weighted by Gasteiger charge is 2.38. The Balaban J connectivity index is 1.33. The van der Waals surface area contributed by atoms with E-state index in [9.17, 15) is 24.5 Å². The lowest BCUT2D eigenvalue weighted by atomic mass is 9.97. The first-order valence-corrected chi connectivity index (χ1v) is 12.4. The lowest BCUT2D eigenvalue weighted by Crippen LogP contribution is -2.37. The molecule has 2 amide bonds. The average molecular weight is 520 g/mol. The second-order valence-electron chi connectivity index (χ2n) is 9.00. The number of rotatable bonds is 7. The number of piperidine rings is 1. The normalized spacial score (nSPS) is 17.6. The third kappa shape index (κ3) is 4.60. The van der Waals surface area contributed by atoms with Gasteiger partial charge in [-0.15, -0.1) is 0 Å². The summed E-state index contributed by atoms with van der Waals surface area (Å²) in [6.07, 6.45) is 6.95. The van der Waals surface area contributed by atoms with Crippen LogP contribution in [-0.2, 0) is 19.1 Å². The summed E-state index contributed by atoms with van der Waals surface area (Å²) in [7, 11) is 0. The maximum atomic E-state index is 12.8. The van der Waals surface area contributed by atoms with Crippen LogP contribution in [0.15, 0.2) is 53.9 Å². The molecule has 1 aromatic heterocycles. The highest BCUT2D eigenvalue weighted by Crippen LogP contribution is 2.38. The number of imide groups is 1. The molecule has 3 aliphatic rings. The Morgan fingerprint density at radius 1 is 1.13 bits per heavy atom. The summed E-state index contributed by atoms with van der Waals surface area (Å²) >= 11 is 0. The summed E-state index contributed by atoms with van der Waals surface area (Å²) < 4.78 is 10.8. The standard InChI is InChI=1S/C26H25N5O7/c1-2-37-26(34)16-11-13-29(14-12-16)22-21(31(35)36)23(28-15-27-22)38-18-9-7-17(8-10-18)30-24(32)19-5-3-4-6-20(19)25(30)33/h3,5,7-10,15-16H,2,4,6,11-14H2,1H3. The van der Waals surface area contributed by atoms with Gasteiger partial charge in [0.1, 0.15) is 12.1 Å². The number of hydrogen-bond donors (Lipinski definition) is 0. The van der Waals surface area contributed by atoms with E-state index in [1.165, 1.54) is 18.5 Å². The summed E-state index contributed by atoms with van der Waals surface area (Å²) in [6.45, 7) is 2.83. The fourth-order valence-electron chi connectivity index (χ4n) is 4.85. The van der Waals surface area contributed by atoms with Crippen LogP contribution in [0.25, 0.3) is 0 Å². The van der Waals surface area contributed by atoms with Crippen molar-refractivity contribution in [3.8, 4) is 11.6 Å². The third-order valence-electron chi connectivity index (χ3n) is 6.74. The van der Waals surface area contributed by atoms with Crippen LogP contribution in [0.5, 0.6) is 11.6 Å². The van der Waals surface area contributed by atoms with Crippen molar-refractivity contribution >= 4 is 35.0 Å². The number of benzene rings is 1. The van der Waals surface area contributed by atoms with Crippen LogP contribution in [-0.4, -0.2) is 52.4 Å². The van der Waals surface area contributed by atoms with Crippen molar-refractivity contribution in [3.05, 3.63) is 64.0 Å². The van der Waals surface area contributed by atoms with Crippen molar-refractivity contribution in [2.24, 2.45) is 5.92 Å². The zero-order valence-corrected chi connectivity index (χ0v) is 20.7. The number of nitrogens with zero attached hydrogens (tertiary/aromatic N) is 5. The van der Waals surface area contributed by atoms with Gasteiger partial charge in [0.2, 0.25) is 5.82 Å². The van der Waals surface area contributed by atoms with Gasteiger partial charge in [0, 0.05) is 24.2 Å². The molecule has 38 heavy (non-hydrogen) atoms. The van der Waals surface area contributed by atoms with E-state index in [1.807, 2.05) is 6.08 Å². The molecular weight excluding hydrogens is 494 g/mol. The van der Waals surface area contributed by atoms with Crippen molar-refractivity contribution in [2.75, 3.05) is 29.5 Å². The topological polar surface area (TPSA) is 145 Å². The second kappa shape index (κ2) is 10.4. The number of nitro groups is 1. The van der Waals surface area contributed by atoms with E-state index < -0.39 is 4.92 Å². The predicted octanol–water partition coefficient (Wildman–Crippen LogP) is 3.48. The third-order valence-corrected chi connectivity index (χ3v) is 6.74. The summed E-state index contributed by atoms with van der Waals surface area (Å²) in [5.74, 6) is -1.13. The Kier molecular flexibility index (Phi) is 6.86. The number of amides is 2. The Bertz CT molecular complexity index is 1360. The highest BCUT2D eigenvalue weighted by molar-refractivity contribution is 6.34. The first-order valence-electron chi connectivity index (χ1n) is 12.4. The van der Waals surface area contributed by atoms with Gasteiger partial charge in [-0.05, 0) is 56.9 Å². The van der Waals surface area contributed by atoms with Gasteiger partial charge in [-0.25, -0.2) is 9.88 Å². The van der Waals surface area contributed by atoms with Crippen molar-refractivity contribution in [1.82, 2.24) is 9.97 Å². The molecule has 0 saturated carbocycles. The lowest BCUT2D eigenvalue weighted by molar-refractivity contribution is -0.385. The molecule has 1 saturated heterocycles. The van der Waals surface area contributed by atoms with Crippen LogP contribution >= 0.6 is 0 Å². The smallest absolute Gasteiger partial charge is 0.373 e. The molecule has 2 aromatic rings. The first-order chi connectivity index (χ1) is 18.4. The number of carbonyl (C=O) groups excluding carboxylic acids is 3. The van der Waals surface area contributed by atoms with Gasteiger partial charge in [0.15, 0.2) is 0 Å². The highest BCUT2D eigenvalue weighted by atomic mass is 16.6. The fraction of sp³-hybridized carbons (Fsp3) is 0.346. The largest absolute Gasteiger partial charge is 0.466 e. The molecule has 2 aliphatic heterocycles. The molecule has 12 nitrogen and oxygen atoms in total. The predicted molar refractivity (Wildman–Crippen MR) is 135 cm³/mol. The van der Waals surface area contributed by atoms with E-state index in [1.54, 1.807) is 30.0 Å². The van der Waals surface area contributed by atoms with E-state index in [0.717, 1.165) is 4.90 Å². The van der Waals surface area contributed by atoms with Crippen LogP contribution in [0.1, 0.15) is 32.6 Å². The Morgan fingerprint density at radius 3 is 2.53 bits per heavy atom. The Hall–Kier alpha value is -4.61. The van der Waals surface area contributed by atoms with E-state index in [0.29, 0.717) is 62.2 Å². The molecule has 0 spiro atoms. The molecule has 3 heterocycles. The van der Waals surface area contributed by atoms with Crippen LogP contribution in [0.4, 0.5) is 17.2 Å². The lowest BCUT2D eigenvalue weighted by Gasteiger charge is -2.31. The number of allylic oxidation sites excluding steroid dienone is 1. The molecule has 1 aliphatic carbocycles. The zero-order valence-electron chi connectivity index (χ0n) is 20.7. The van der Waals surface area contributed by atoms with Crippen LogP contribution in [0, 0.1) is 16.0 Å². The molecule has 5 rings (SSSR count). The second-order valence-corrected chi connectivity index (χ2v) is 9.00. The minimum Gasteiger partial charge on any atom is -0.466 e. The number of anilines is 2. The molecule has 0 unspecified atom stereocenters. The molecular formula is C26H25N5O7. The first kappa shape index (κ1) is 25.1. The average Bonchev–Trinajstić information content (AvgIpc) is 3.19. The maximum Gasteiger partial charge on any atom is 0.373 e. The van der Waals surface area contributed by atoms with Gasteiger partial charge in [-0.2, -0.15) is 4.98 Å². The summed E-state index contributed by atoms with van der Waals surface area (Å²) in [5.41, 5.74) is 0.905. The van der Waals surface area contributed by atoms with Gasteiger partial charge in [0.25, 0.3) is 11.8 Å². The van der Waals surface area contributed by atoms with Gasteiger partial charge < -0.3 is 14.4 Å². The van der Waals surface area contributed by atoms with E-state index >= 15 is 0 Å². The number of ether oxygens (including phenoxy) is 2. The van der Waals surface area contributed by atoms with Crippen molar-refractivity contribution in [1.29, 1.82) is 0 Å². The number of esters is 1. The molecule has 0 atom stereocenters. The van der Waals surface area contributed by atoms with Crippen LogP contribution in [0.2, 0.25) is 0 Å². The van der Waals surface area contributed by atoms with Crippen molar-refractivity contribution in [2.45, 2.75) is 32.6 Å². The molecule has 12 heteroatoms. The zero-order chi connectivity index (χ0) is 26.8. The van der Waals surface area contributed by atoms with Gasteiger partial charge in [-0.3, -0.25) is 24.5 Å². The van der Waals surface area contributed by atoms with E-state index in [-0.39, 0.29) is 46.8 Å². The quantitative estimate of drug-likeness (QED) is 0.231. The minimum absolute atomic E-state index is 0.108. The fourth-order valence-corrected chi connectivity index (χ4v) is 4.85. The van der Waals surface area contributed by atoms with Crippen LogP contribution in [0.3, 0.4) is 0 Å². The molecule has 0 radical (unpaired) electrons.